The van der Waals surface area contributed by atoms with Gasteiger partial charge in [-0.05, 0) is 38.1 Å². The third-order valence-electron chi connectivity index (χ3n) is 4.14. The zero-order valence-corrected chi connectivity index (χ0v) is 15.2. The summed E-state index contributed by atoms with van der Waals surface area (Å²) in [6, 6.07) is 7.86. The molecule has 3 heterocycles. The number of aromatic nitrogens is 3. The van der Waals surface area contributed by atoms with Crippen LogP contribution in [0.25, 0.3) is 10.2 Å². The maximum Gasteiger partial charge on any atom is 0.225 e. The number of hydrogen-bond donors (Lipinski definition) is 0. The van der Waals surface area contributed by atoms with Crippen molar-refractivity contribution in [2.45, 2.75) is 13.8 Å². The molecule has 5 nitrogen and oxygen atoms in total. The van der Waals surface area contributed by atoms with E-state index in [2.05, 4.69) is 19.8 Å². The molecule has 1 aromatic carbocycles. The number of halogens is 1. The number of benzene rings is 1. The Morgan fingerprint density at radius 3 is 2.29 bits per heavy atom. The first kappa shape index (κ1) is 15.6. The van der Waals surface area contributed by atoms with Crippen LogP contribution in [0.1, 0.15) is 11.4 Å². The normalized spacial score (nSPS) is 15.3. The SMILES string of the molecule is Cc1cc(C)nc(N2CCN(c3nc4ccc(Cl)cc4s3)CC2)n1. The second-order valence-electron chi connectivity index (χ2n) is 6.03. The van der Waals surface area contributed by atoms with E-state index in [1.165, 1.54) is 0 Å². The van der Waals surface area contributed by atoms with Gasteiger partial charge in [-0.15, -0.1) is 0 Å². The number of piperazine rings is 1. The number of thiazole rings is 1. The van der Waals surface area contributed by atoms with Crippen molar-refractivity contribution in [3.63, 3.8) is 0 Å². The van der Waals surface area contributed by atoms with E-state index in [4.69, 9.17) is 16.6 Å². The molecule has 1 aliphatic heterocycles. The first-order valence-corrected chi connectivity index (χ1v) is 9.16. The summed E-state index contributed by atoms with van der Waals surface area (Å²) in [5.74, 6) is 0.836. The van der Waals surface area contributed by atoms with Crippen molar-refractivity contribution in [2.24, 2.45) is 0 Å². The maximum atomic E-state index is 6.07. The summed E-state index contributed by atoms with van der Waals surface area (Å²) >= 11 is 7.77. The highest BCUT2D eigenvalue weighted by atomic mass is 35.5. The van der Waals surface area contributed by atoms with Crippen LogP contribution in [-0.4, -0.2) is 41.1 Å². The Bertz CT molecular complexity index is 866. The molecule has 0 bridgehead atoms. The molecule has 24 heavy (non-hydrogen) atoms. The molecule has 1 aliphatic rings. The predicted octanol–water partition coefficient (Wildman–Crippen LogP) is 3.68. The summed E-state index contributed by atoms with van der Waals surface area (Å²) in [5.41, 5.74) is 3.05. The predicted molar refractivity (Wildman–Crippen MR) is 101 cm³/mol. The first-order valence-electron chi connectivity index (χ1n) is 7.97. The highest BCUT2D eigenvalue weighted by Gasteiger charge is 2.21. The molecule has 0 aliphatic carbocycles. The number of fused-ring (bicyclic) bond motifs is 1. The molecular formula is C17H18ClN5S. The van der Waals surface area contributed by atoms with Crippen LogP contribution in [0.15, 0.2) is 24.3 Å². The molecule has 0 unspecified atom stereocenters. The minimum atomic E-state index is 0.759. The van der Waals surface area contributed by atoms with E-state index in [1.54, 1.807) is 11.3 Å². The number of anilines is 2. The number of hydrogen-bond acceptors (Lipinski definition) is 6. The third kappa shape index (κ3) is 3.03. The van der Waals surface area contributed by atoms with Crippen LogP contribution < -0.4 is 9.80 Å². The number of aryl methyl sites for hydroxylation is 2. The number of rotatable bonds is 2. The summed E-state index contributed by atoms with van der Waals surface area (Å²) in [4.78, 5) is 18.5. The fraction of sp³-hybridized carbons (Fsp3) is 0.353. The fourth-order valence-electron chi connectivity index (χ4n) is 2.97. The Morgan fingerprint density at radius 2 is 1.58 bits per heavy atom. The van der Waals surface area contributed by atoms with Gasteiger partial charge in [-0.2, -0.15) is 0 Å². The molecule has 0 radical (unpaired) electrons. The Kier molecular flexibility index (Phi) is 4.02. The van der Waals surface area contributed by atoms with Crippen LogP contribution in [0, 0.1) is 13.8 Å². The van der Waals surface area contributed by atoms with E-state index < -0.39 is 0 Å². The molecule has 124 valence electrons. The second kappa shape index (κ2) is 6.18. The molecule has 3 aromatic rings. The van der Waals surface area contributed by atoms with Crippen LogP contribution in [0.3, 0.4) is 0 Å². The lowest BCUT2D eigenvalue weighted by molar-refractivity contribution is 0.637. The summed E-state index contributed by atoms with van der Waals surface area (Å²) in [6.45, 7) is 7.67. The first-order chi connectivity index (χ1) is 11.6. The highest BCUT2D eigenvalue weighted by molar-refractivity contribution is 7.22. The standard InChI is InChI=1S/C17H18ClN5S/c1-11-9-12(2)20-16(19-11)22-5-7-23(8-6-22)17-21-14-4-3-13(18)10-15(14)24-17/h3-4,9-10H,5-8H2,1-2H3. The van der Waals surface area contributed by atoms with Gasteiger partial charge in [-0.1, -0.05) is 22.9 Å². The van der Waals surface area contributed by atoms with Gasteiger partial charge in [0.15, 0.2) is 5.13 Å². The van der Waals surface area contributed by atoms with Crippen molar-refractivity contribution in [1.29, 1.82) is 0 Å². The zero-order chi connectivity index (χ0) is 16.7. The van der Waals surface area contributed by atoms with Gasteiger partial charge in [0.25, 0.3) is 0 Å². The van der Waals surface area contributed by atoms with E-state index in [-0.39, 0.29) is 0 Å². The summed E-state index contributed by atoms with van der Waals surface area (Å²) < 4.78 is 1.14. The summed E-state index contributed by atoms with van der Waals surface area (Å²) in [5, 5.41) is 1.82. The maximum absolute atomic E-state index is 6.07. The highest BCUT2D eigenvalue weighted by Crippen LogP contribution is 2.31. The van der Waals surface area contributed by atoms with Crippen molar-refractivity contribution in [1.82, 2.24) is 15.0 Å². The molecule has 4 rings (SSSR count). The fourth-order valence-corrected chi connectivity index (χ4v) is 4.26. The van der Waals surface area contributed by atoms with Gasteiger partial charge >= 0.3 is 0 Å². The summed E-state index contributed by atoms with van der Waals surface area (Å²) in [6.07, 6.45) is 0. The Hall–Kier alpha value is -1.92. The Balaban J connectivity index is 1.50. The van der Waals surface area contributed by atoms with Crippen LogP contribution in [-0.2, 0) is 0 Å². The van der Waals surface area contributed by atoms with Gasteiger partial charge in [0.05, 0.1) is 10.2 Å². The van der Waals surface area contributed by atoms with E-state index in [1.807, 2.05) is 38.1 Å². The average Bonchev–Trinajstić information content (AvgIpc) is 2.97. The van der Waals surface area contributed by atoms with Crippen LogP contribution in [0.5, 0.6) is 0 Å². The smallest absolute Gasteiger partial charge is 0.225 e. The third-order valence-corrected chi connectivity index (χ3v) is 5.46. The van der Waals surface area contributed by atoms with Crippen molar-refractivity contribution < 1.29 is 0 Å². The molecule has 0 N–H and O–H groups in total. The molecule has 7 heteroatoms. The topological polar surface area (TPSA) is 45.2 Å². The lowest BCUT2D eigenvalue weighted by Crippen LogP contribution is -2.47. The molecule has 0 atom stereocenters. The zero-order valence-electron chi connectivity index (χ0n) is 13.7. The van der Waals surface area contributed by atoms with Gasteiger partial charge in [0, 0.05) is 42.6 Å². The largest absolute Gasteiger partial charge is 0.345 e. The van der Waals surface area contributed by atoms with Crippen LogP contribution in [0.4, 0.5) is 11.1 Å². The van der Waals surface area contributed by atoms with Gasteiger partial charge in [-0.25, -0.2) is 15.0 Å². The summed E-state index contributed by atoms with van der Waals surface area (Å²) in [7, 11) is 0. The van der Waals surface area contributed by atoms with Crippen molar-refractivity contribution >= 4 is 44.2 Å². The minimum Gasteiger partial charge on any atom is -0.345 e. The lowest BCUT2D eigenvalue weighted by atomic mass is 10.3. The minimum absolute atomic E-state index is 0.759. The molecule has 0 amide bonds. The van der Waals surface area contributed by atoms with Crippen molar-refractivity contribution in [2.75, 3.05) is 36.0 Å². The van der Waals surface area contributed by atoms with Gasteiger partial charge < -0.3 is 9.80 Å². The molecule has 1 fully saturated rings. The lowest BCUT2D eigenvalue weighted by Gasteiger charge is -2.34. The number of nitrogens with zero attached hydrogens (tertiary/aromatic N) is 5. The second-order valence-corrected chi connectivity index (χ2v) is 7.48. The quantitative estimate of drug-likeness (QED) is 0.698. The van der Waals surface area contributed by atoms with Gasteiger partial charge in [0.1, 0.15) is 0 Å². The van der Waals surface area contributed by atoms with Crippen LogP contribution in [0.2, 0.25) is 5.02 Å². The van der Waals surface area contributed by atoms with Crippen molar-refractivity contribution in [3.05, 3.63) is 40.7 Å². The van der Waals surface area contributed by atoms with Gasteiger partial charge in [-0.3, -0.25) is 0 Å². The monoisotopic (exact) mass is 359 g/mol. The van der Waals surface area contributed by atoms with Crippen molar-refractivity contribution in [3.8, 4) is 0 Å². The molecule has 1 saturated heterocycles. The Morgan fingerprint density at radius 1 is 0.917 bits per heavy atom. The van der Waals surface area contributed by atoms with Crippen LogP contribution >= 0.6 is 22.9 Å². The van der Waals surface area contributed by atoms with Gasteiger partial charge in [0.2, 0.25) is 5.95 Å². The van der Waals surface area contributed by atoms with E-state index in [9.17, 15) is 0 Å². The van der Waals surface area contributed by atoms with E-state index in [0.29, 0.717) is 0 Å². The molecule has 0 saturated carbocycles. The molecule has 2 aromatic heterocycles. The van der Waals surface area contributed by atoms with E-state index in [0.717, 1.165) is 63.9 Å². The molecule has 0 spiro atoms. The van der Waals surface area contributed by atoms with E-state index >= 15 is 0 Å². The average molecular weight is 360 g/mol. The molecular weight excluding hydrogens is 342 g/mol. The Labute approximate surface area is 149 Å².